The Morgan fingerprint density at radius 2 is 1.79 bits per heavy atom. The minimum absolute atomic E-state index is 0.0868. The summed E-state index contributed by atoms with van der Waals surface area (Å²) in [6.45, 7) is 4.51. The molecule has 0 heterocycles. The van der Waals surface area contributed by atoms with Crippen molar-refractivity contribution in [3.05, 3.63) is 28.2 Å². The van der Waals surface area contributed by atoms with Gasteiger partial charge in [0.2, 0.25) is 0 Å². The highest BCUT2D eigenvalue weighted by atomic mass is 79.9. The van der Waals surface area contributed by atoms with Crippen LogP contribution in [0.1, 0.15) is 44.2 Å². The molecule has 2 fully saturated rings. The predicted molar refractivity (Wildman–Crippen MR) is 84.4 cm³/mol. The number of anilines is 1. The molecular formula is C16H23BrN2. The van der Waals surface area contributed by atoms with Crippen molar-refractivity contribution >= 4 is 21.6 Å². The Hall–Kier alpha value is -0.540. The molecule has 2 N–H and O–H groups in total. The van der Waals surface area contributed by atoms with Gasteiger partial charge < -0.3 is 10.6 Å². The molecule has 0 amide bonds. The van der Waals surface area contributed by atoms with Crippen molar-refractivity contribution < 1.29 is 0 Å². The van der Waals surface area contributed by atoms with Crippen LogP contribution >= 0.6 is 15.9 Å². The highest BCUT2D eigenvalue weighted by Crippen LogP contribution is 2.37. The van der Waals surface area contributed by atoms with Gasteiger partial charge in [-0.25, -0.2) is 0 Å². The molecule has 2 aliphatic carbocycles. The van der Waals surface area contributed by atoms with Gasteiger partial charge in [-0.1, -0.05) is 22.0 Å². The Morgan fingerprint density at radius 3 is 2.21 bits per heavy atom. The number of benzene rings is 1. The van der Waals surface area contributed by atoms with Crippen molar-refractivity contribution in [3.63, 3.8) is 0 Å². The fourth-order valence-corrected chi connectivity index (χ4v) is 3.32. The molecule has 3 heteroatoms. The van der Waals surface area contributed by atoms with Gasteiger partial charge in [0.15, 0.2) is 0 Å². The van der Waals surface area contributed by atoms with E-state index in [9.17, 15) is 0 Å². The third-order valence-electron chi connectivity index (χ3n) is 4.19. The van der Waals surface area contributed by atoms with Crippen LogP contribution in [0.25, 0.3) is 0 Å². The molecule has 1 aromatic carbocycles. The first kappa shape index (κ1) is 13.4. The van der Waals surface area contributed by atoms with Gasteiger partial charge in [-0.15, -0.1) is 0 Å². The fraction of sp³-hybridized carbons (Fsp3) is 0.625. The lowest BCUT2D eigenvalue weighted by Crippen LogP contribution is -2.28. The van der Waals surface area contributed by atoms with Gasteiger partial charge in [-0.2, -0.15) is 0 Å². The maximum atomic E-state index is 5.98. The quantitative estimate of drug-likeness (QED) is 0.854. The van der Waals surface area contributed by atoms with E-state index in [0.29, 0.717) is 0 Å². The van der Waals surface area contributed by atoms with Crippen LogP contribution in [-0.4, -0.2) is 13.1 Å². The molecule has 0 aliphatic heterocycles. The first-order valence-corrected chi connectivity index (χ1v) is 8.22. The van der Waals surface area contributed by atoms with E-state index in [2.05, 4.69) is 39.0 Å². The lowest BCUT2D eigenvalue weighted by atomic mass is 10.1. The molecule has 3 rings (SSSR count). The largest absolute Gasteiger partial charge is 0.371 e. The van der Waals surface area contributed by atoms with Crippen molar-refractivity contribution in [2.75, 3.05) is 18.0 Å². The van der Waals surface area contributed by atoms with E-state index < -0.39 is 0 Å². The minimum atomic E-state index is 0.0868. The first-order valence-electron chi connectivity index (χ1n) is 7.43. The van der Waals surface area contributed by atoms with Gasteiger partial charge in [0.1, 0.15) is 0 Å². The van der Waals surface area contributed by atoms with Gasteiger partial charge in [0, 0.05) is 29.3 Å². The topological polar surface area (TPSA) is 29.3 Å². The summed E-state index contributed by atoms with van der Waals surface area (Å²) in [6.07, 6.45) is 5.67. The van der Waals surface area contributed by atoms with Crippen LogP contribution in [0.3, 0.4) is 0 Å². The number of nitrogens with two attached hydrogens (primary N) is 1. The van der Waals surface area contributed by atoms with E-state index in [0.717, 1.165) is 16.3 Å². The normalized spacial score (nSPS) is 20.4. The maximum absolute atomic E-state index is 5.98. The van der Waals surface area contributed by atoms with E-state index in [1.165, 1.54) is 50.0 Å². The Morgan fingerprint density at radius 1 is 1.21 bits per heavy atom. The number of hydrogen-bond acceptors (Lipinski definition) is 2. The monoisotopic (exact) mass is 322 g/mol. The van der Waals surface area contributed by atoms with Crippen LogP contribution < -0.4 is 10.6 Å². The van der Waals surface area contributed by atoms with Crippen LogP contribution in [0.4, 0.5) is 5.69 Å². The lowest BCUT2D eigenvalue weighted by molar-refractivity contribution is 0.679. The molecule has 104 valence electrons. The van der Waals surface area contributed by atoms with Gasteiger partial charge in [0.25, 0.3) is 0 Å². The smallest absolute Gasteiger partial charge is 0.0377 e. The Balaban J connectivity index is 1.77. The minimum Gasteiger partial charge on any atom is -0.371 e. The number of rotatable bonds is 6. The summed E-state index contributed by atoms with van der Waals surface area (Å²) in [6, 6.07) is 6.76. The van der Waals surface area contributed by atoms with Crippen LogP contribution in [0.5, 0.6) is 0 Å². The zero-order valence-electron chi connectivity index (χ0n) is 11.6. The van der Waals surface area contributed by atoms with E-state index in [1.54, 1.807) is 0 Å². The van der Waals surface area contributed by atoms with Crippen molar-refractivity contribution in [1.29, 1.82) is 0 Å². The average molecular weight is 323 g/mol. The molecule has 2 nitrogen and oxygen atoms in total. The number of halogens is 1. The summed E-state index contributed by atoms with van der Waals surface area (Å²) in [5, 5.41) is 0. The van der Waals surface area contributed by atoms with Crippen LogP contribution in [-0.2, 0) is 0 Å². The highest BCUT2D eigenvalue weighted by Gasteiger charge is 2.29. The third-order valence-corrected chi connectivity index (χ3v) is 4.88. The molecule has 0 radical (unpaired) electrons. The number of nitrogens with zero attached hydrogens (tertiary/aromatic N) is 1. The SMILES string of the molecule is C[C@@H](N)c1ccc(N(CC2CC2)CC2CC2)cc1Br. The van der Waals surface area contributed by atoms with Gasteiger partial charge in [-0.3, -0.25) is 0 Å². The third kappa shape index (κ3) is 3.51. The summed E-state index contributed by atoms with van der Waals surface area (Å²) in [5.74, 6) is 1.87. The molecular weight excluding hydrogens is 300 g/mol. The first-order chi connectivity index (χ1) is 9.13. The van der Waals surface area contributed by atoms with E-state index in [4.69, 9.17) is 5.73 Å². The van der Waals surface area contributed by atoms with Crippen molar-refractivity contribution in [1.82, 2.24) is 0 Å². The molecule has 2 saturated carbocycles. The average Bonchev–Trinajstić information content (AvgIpc) is 3.22. The fourth-order valence-electron chi connectivity index (χ4n) is 2.59. The summed E-state index contributed by atoms with van der Waals surface area (Å²) in [5.41, 5.74) is 8.53. The second-order valence-corrected chi connectivity index (χ2v) is 7.14. The Kier molecular flexibility index (Phi) is 3.86. The number of hydrogen-bond donors (Lipinski definition) is 1. The zero-order chi connectivity index (χ0) is 13.4. The van der Waals surface area contributed by atoms with Gasteiger partial charge in [-0.05, 0) is 62.1 Å². The zero-order valence-corrected chi connectivity index (χ0v) is 13.2. The molecule has 1 atom stereocenters. The predicted octanol–water partition coefficient (Wildman–Crippen LogP) is 4.10. The molecule has 1 aromatic rings. The Labute approximate surface area is 124 Å². The summed E-state index contributed by atoms with van der Waals surface area (Å²) >= 11 is 3.67. The molecule has 19 heavy (non-hydrogen) atoms. The van der Waals surface area contributed by atoms with Gasteiger partial charge >= 0.3 is 0 Å². The second-order valence-electron chi connectivity index (χ2n) is 6.29. The van der Waals surface area contributed by atoms with Crippen molar-refractivity contribution in [3.8, 4) is 0 Å². The molecule has 0 bridgehead atoms. The molecule has 2 aliphatic rings. The molecule has 0 aromatic heterocycles. The maximum Gasteiger partial charge on any atom is 0.0377 e. The second kappa shape index (κ2) is 5.45. The lowest BCUT2D eigenvalue weighted by Gasteiger charge is -2.26. The van der Waals surface area contributed by atoms with Crippen molar-refractivity contribution in [2.24, 2.45) is 17.6 Å². The Bertz CT molecular complexity index is 436. The summed E-state index contributed by atoms with van der Waals surface area (Å²) in [4.78, 5) is 2.59. The van der Waals surface area contributed by atoms with Crippen LogP contribution in [0.15, 0.2) is 22.7 Å². The standard InChI is InChI=1S/C16H23BrN2/c1-11(18)15-7-6-14(8-16(15)17)19(9-12-2-3-12)10-13-4-5-13/h6-8,11-13H,2-5,9-10,18H2,1H3/t11-/m1/s1. The molecule has 0 unspecified atom stereocenters. The van der Waals surface area contributed by atoms with E-state index in [1.807, 2.05) is 6.92 Å². The highest BCUT2D eigenvalue weighted by molar-refractivity contribution is 9.10. The van der Waals surface area contributed by atoms with Crippen LogP contribution in [0, 0.1) is 11.8 Å². The van der Waals surface area contributed by atoms with Gasteiger partial charge in [0.05, 0.1) is 0 Å². The van der Waals surface area contributed by atoms with Crippen molar-refractivity contribution in [2.45, 2.75) is 38.6 Å². The summed E-state index contributed by atoms with van der Waals surface area (Å²) < 4.78 is 1.15. The van der Waals surface area contributed by atoms with Crippen LogP contribution in [0.2, 0.25) is 0 Å². The summed E-state index contributed by atoms with van der Waals surface area (Å²) in [7, 11) is 0. The van der Waals surface area contributed by atoms with E-state index in [-0.39, 0.29) is 6.04 Å². The molecule has 0 spiro atoms. The van der Waals surface area contributed by atoms with E-state index >= 15 is 0 Å². The molecule has 0 saturated heterocycles.